The van der Waals surface area contributed by atoms with Gasteiger partial charge in [0.25, 0.3) is 0 Å². The lowest BCUT2D eigenvalue weighted by Crippen LogP contribution is -2.02. The summed E-state index contributed by atoms with van der Waals surface area (Å²) >= 11 is 5.60. The van der Waals surface area contributed by atoms with E-state index in [0.29, 0.717) is 12.5 Å². The molecule has 3 heteroatoms. The molecule has 0 heterocycles. The first kappa shape index (κ1) is 17.6. The molecule has 114 valence electrons. The minimum atomic E-state index is -0.215. The lowest BCUT2D eigenvalue weighted by molar-refractivity contribution is 0.117. The molecule has 2 nitrogen and oxygen atoms in total. The summed E-state index contributed by atoms with van der Waals surface area (Å²) < 4.78 is 11.0. The van der Waals surface area contributed by atoms with Crippen LogP contribution in [0.1, 0.15) is 37.9 Å². The van der Waals surface area contributed by atoms with Crippen molar-refractivity contribution in [2.24, 2.45) is 0 Å². The summed E-state index contributed by atoms with van der Waals surface area (Å²) in [5.41, 5.74) is 1.04. The molecule has 0 saturated carbocycles. The maximum Gasteiger partial charge on any atom is 0.143 e. The molecular weight excluding hydrogens is 284 g/mol. The van der Waals surface area contributed by atoms with E-state index in [-0.39, 0.29) is 6.10 Å². The lowest BCUT2D eigenvalue weighted by atomic mass is 10.1. The Hall–Kier alpha value is -1.43. The van der Waals surface area contributed by atoms with Crippen molar-refractivity contribution in [2.45, 2.75) is 32.3 Å². The van der Waals surface area contributed by atoms with Crippen molar-refractivity contribution < 1.29 is 9.47 Å². The van der Waals surface area contributed by atoms with Crippen LogP contribution in [0.2, 0.25) is 0 Å². The van der Waals surface area contributed by atoms with Gasteiger partial charge in [0, 0.05) is 12.3 Å². The number of alkyl halides is 1. The van der Waals surface area contributed by atoms with E-state index in [0.717, 1.165) is 30.6 Å². The van der Waals surface area contributed by atoms with E-state index >= 15 is 0 Å². The van der Waals surface area contributed by atoms with E-state index < -0.39 is 0 Å². The number of benzene rings is 1. The van der Waals surface area contributed by atoms with Crippen molar-refractivity contribution in [2.75, 3.05) is 19.6 Å². The van der Waals surface area contributed by atoms with E-state index in [1.165, 1.54) is 0 Å². The second-order valence-electron chi connectivity index (χ2n) is 4.54. The smallest absolute Gasteiger partial charge is 0.143 e. The Bertz CT molecular complexity index is 468. The molecule has 0 bridgehead atoms. The third kappa shape index (κ3) is 7.22. The SMILES string of the molecule is CCCCC#CC(OC/C=C\CCl)c1ccc(OC)cc1. The number of methoxy groups -OCH3 is 1. The number of rotatable bonds is 8. The van der Waals surface area contributed by atoms with Gasteiger partial charge >= 0.3 is 0 Å². The predicted octanol–water partition coefficient (Wildman–Crippen LogP) is 4.74. The fourth-order valence-corrected chi connectivity index (χ4v) is 1.84. The van der Waals surface area contributed by atoms with Gasteiger partial charge in [0.2, 0.25) is 0 Å². The Morgan fingerprint density at radius 1 is 1.24 bits per heavy atom. The Balaban J connectivity index is 2.72. The van der Waals surface area contributed by atoms with Crippen molar-refractivity contribution in [3.05, 3.63) is 42.0 Å². The summed E-state index contributed by atoms with van der Waals surface area (Å²) in [7, 11) is 1.66. The summed E-state index contributed by atoms with van der Waals surface area (Å²) in [5.74, 6) is 7.73. The highest BCUT2D eigenvalue weighted by Gasteiger charge is 2.08. The molecule has 1 aromatic carbocycles. The van der Waals surface area contributed by atoms with Crippen LogP contribution in [0, 0.1) is 11.8 Å². The first-order valence-electron chi connectivity index (χ1n) is 7.26. The number of halogens is 1. The van der Waals surface area contributed by atoms with Crippen LogP contribution in [-0.4, -0.2) is 19.6 Å². The van der Waals surface area contributed by atoms with Crippen LogP contribution in [0.3, 0.4) is 0 Å². The van der Waals surface area contributed by atoms with Crippen molar-refractivity contribution in [3.8, 4) is 17.6 Å². The Labute approximate surface area is 133 Å². The van der Waals surface area contributed by atoms with Gasteiger partial charge < -0.3 is 9.47 Å². The van der Waals surface area contributed by atoms with E-state index in [4.69, 9.17) is 21.1 Å². The molecule has 1 unspecified atom stereocenters. The molecule has 0 aliphatic rings. The van der Waals surface area contributed by atoms with Crippen molar-refractivity contribution in [1.82, 2.24) is 0 Å². The fourth-order valence-electron chi connectivity index (χ4n) is 1.71. The van der Waals surface area contributed by atoms with Gasteiger partial charge in [0.1, 0.15) is 11.9 Å². The van der Waals surface area contributed by atoms with Crippen LogP contribution in [-0.2, 0) is 4.74 Å². The van der Waals surface area contributed by atoms with E-state index in [1.54, 1.807) is 7.11 Å². The third-order valence-corrected chi connectivity index (χ3v) is 3.10. The maximum atomic E-state index is 5.82. The van der Waals surface area contributed by atoms with Crippen LogP contribution in [0.25, 0.3) is 0 Å². The van der Waals surface area contributed by atoms with Crippen LogP contribution in [0.4, 0.5) is 0 Å². The minimum absolute atomic E-state index is 0.215. The summed E-state index contributed by atoms with van der Waals surface area (Å²) in [5, 5.41) is 0. The average Bonchev–Trinajstić information content (AvgIpc) is 2.53. The molecule has 0 radical (unpaired) electrons. The largest absolute Gasteiger partial charge is 0.497 e. The molecule has 0 aliphatic carbocycles. The molecule has 1 atom stereocenters. The summed E-state index contributed by atoms with van der Waals surface area (Å²) in [6.07, 6.45) is 6.75. The molecule has 0 spiro atoms. The first-order chi connectivity index (χ1) is 10.3. The first-order valence-corrected chi connectivity index (χ1v) is 7.80. The molecule has 0 fully saturated rings. The van der Waals surface area contributed by atoms with Gasteiger partial charge in [-0.3, -0.25) is 0 Å². The molecule has 0 aliphatic heterocycles. The van der Waals surface area contributed by atoms with E-state index in [9.17, 15) is 0 Å². The molecular formula is C18H23ClO2. The van der Waals surface area contributed by atoms with Gasteiger partial charge in [0.15, 0.2) is 0 Å². The molecule has 21 heavy (non-hydrogen) atoms. The van der Waals surface area contributed by atoms with Crippen LogP contribution in [0.5, 0.6) is 5.75 Å². The average molecular weight is 307 g/mol. The monoisotopic (exact) mass is 306 g/mol. The highest BCUT2D eigenvalue weighted by atomic mass is 35.5. The van der Waals surface area contributed by atoms with Gasteiger partial charge in [0.05, 0.1) is 13.7 Å². The van der Waals surface area contributed by atoms with Crippen molar-refractivity contribution >= 4 is 11.6 Å². The van der Waals surface area contributed by atoms with Gasteiger partial charge in [-0.1, -0.05) is 43.5 Å². The zero-order valence-electron chi connectivity index (χ0n) is 12.8. The molecule has 0 aromatic heterocycles. The normalized spacial score (nSPS) is 12.0. The maximum absolute atomic E-state index is 5.82. The zero-order valence-corrected chi connectivity index (χ0v) is 13.5. The Kier molecular flexibility index (Phi) is 9.44. The van der Waals surface area contributed by atoms with Crippen molar-refractivity contribution in [3.63, 3.8) is 0 Å². The van der Waals surface area contributed by atoms with Crippen LogP contribution >= 0.6 is 11.6 Å². The number of ether oxygens (including phenoxy) is 2. The molecule has 0 N–H and O–H groups in total. The van der Waals surface area contributed by atoms with Crippen LogP contribution < -0.4 is 4.74 Å². The summed E-state index contributed by atoms with van der Waals surface area (Å²) in [6, 6.07) is 7.83. The highest BCUT2D eigenvalue weighted by molar-refractivity contribution is 6.18. The minimum Gasteiger partial charge on any atom is -0.497 e. The Morgan fingerprint density at radius 3 is 2.62 bits per heavy atom. The second-order valence-corrected chi connectivity index (χ2v) is 4.85. The number of hydrogen-bond acceptors (Lipinski definition) is 2. The van der Waals surface area contributed by atoms with Gasteiger partial charge in [-0.15, -0.1) is 17.5 Å². The van der Waals surface area contributed by atoms with E-state index in [2.05, 4.69) is 18.8 Å². The van der Waals surface area contributed by atoms with Gasteiger partial charge in [-0.25, -0.2) is 0 Å². The molecule has 0 amide bonds. The molecule has 1 aromatic rings. The van der Waals surface area contributed by atoms with Crippen molar-refractivity contribution in [1.29, 1.82) is 0 Å². The topological polar surface area (TPSA) is 18.5 Å². The number of hydrogen-bond donors (Lipinski definition) is 0. The third-order valence-electron chi connectivity index (χ3n) is 2.92. The van der Waals surface area contributed by atoms with Crippen LogP contribution in [0.15, 0.2) is 36.4 Å². The highest BCUT2D eigenvalue weighted by Crippen LogP contribution is 2.20. The van der Waals surface area contributed by atoms with E-state index in [1.807, 2.05) is 36.4 Å². The van der Waals surface area contributed by atoms with Gasteiger partial charge in [-0.2, -0.15) is 0 Å². The standard InChI is InChI=1S/C18H23ClO2/c1-3-4-5-6-9-18(21-15-8-7-14-19)16-10-12-17(20-2)13-11-16/h7-8,10-13,18H,3-5,14-15H2,1-2H3/b8-7-. The number of unbranched alkanes of at least 4 members (excludes halogenated alkanes) is 2. The predicted molar refractivity (Wildman–Crippen MR) is 88.8 cm³/mol. The molecule has 0 saturated heterocycles. The number of allylic oxidation sites excluding steroid dienone is 1. The quantitative estimate of drug-likeness (QED) is 0.299. The summed E-state index contributed by atoms with van der Waals surface area (Å²) in [4.78, 5) is 0. The summed E-state index contributed by atoms with van der Waals surface area (Å²) in [6.45, 7) is 2.67. The molecule has 1 rings (SSSR count). The zero-order chi connectivity index (χ0) is 15.3. The second kappa shape index (κ2) is 11.3. The fraction of sp³-hybridized carbons (Fsp3) is 0.444. The van der Waals surface area contributed by atoms with Gasteiger partial charge in [-0.05, 0) is 24.1 Å². The lowest BCUT2D eigenvalue weighted by Gasteiger charge is -2.12. The Morgan fingerprint density at radius 2 is 2.00 bits per heavy atom.